The molecular formula is C76H137NO10. The minimum Gasteiger partial charge on any atom is -0.454 e. The fraction of sp³-hybridized carbons (Fsp3) is 0.816. The maximum absolute atomic E-state index is 13.5. The van der Waals surface area contributed by atoms with E-state index in [9.17, 15) is 35.1 Å². The molecule has 1 rings (SSSR count). The second kappa shape index (κ2) is 63.3. The molecule has 1 aliphatic heterocycles. The Labute approximate surface area is 534 Å². The van der Waals surface area contributed by atoms with E-state index < -0.39 is 67.4 Å². The van der Waals surface area contributed by atoms with E-state index in [1.54, 1.807) is 6.08 Å². The van der Waals surface area contributed by atoms with Gasteiger partial charge in [0.2, 0.25) is 5.91 Å². The van der Waals surface area contributed by atoms with Gasteiger partial charge in [-0.1, -0.05) is 331 Å². The number of unbranched alkanes of at least 4 members (excludes halogenated alkanes) is 39. The molecule has 0 aromatic carbocycles. The number of nitrogens with one attached hydrogen (secondary N) is 1. The van der Waals surface area contributed by atoms with Gasteiger partial charge in [-0.3, -0.25) is 9.59 Å². The van der Waals surface area contributed by atoms with Crippen LogP contribution in [0.2, 0.25) is 0 Å². The molecule has 0 aromatic rings. The molecule has 0 bridgehead atoms. The number of aliphatic hydroxyl groups is 5. The van der Waals surface area contributed by atoms with Gasteiger partial charge < -0.3 is 45.1 Å². The number of rotatable bonds is 63. The third-order valence-electron chi connectivity index (χ3n) is 17.1. The van der Waals surface area contributed by atoms with Crippen molar-refractivity contribution in [2.45, 2.75) is 384 Å². The van der Waals surface area contributed by atoms with Crippen molar-refractivity contribution in [1.82, 2.24) is 5.32 Å². The smallest absolute Gasteiger partial charge is 0.306 e. The average Bonchev–Trinajstić information content (AvgIpc) is 2.75. The molecule has 1 fully saturated rings. The highest BCUT2D eigenvalue weighted by Gasteiger charge is 2.47. The molecule has 0 spiro atoms. The first-order valence-electron chi connectivity index (χ1n) is 36.7. The van der Waals surface area contributed by atoms with Crippen molar-refractivity contribution < 1.29 is 49.3 Å². The molecule has 1 heterocycles. The molecule has 0 radical (unpaired) electrons. The van der Waals surface area contributed by atoms with Crippen LogP contribution in [0.5, 0.6) is 0 Å². The predicted molar refractivity (Wildman–Crippen MR) is 366 cm³/mol. The zero-order valence-electron chi connectivity index (χ0n) is 56.4. The summed E-state index contributed by atoms with van der Waals surface area (Å²) in [5.74, 6) is -1.22. The zero-order valence-corrected chi connectivity index (χ0v) is 56.4. The molecule has 1 saturated heterocycles. The van der Waals surface area contributed by atoms with E-state index in [0.717, 1.165) is 83.5 Å². The first-order valence-corrected chi connectivity index (χ1v) is 36.7. The molecule has 8 unspecified atom stereocenters. The highest BCUT2D eigenvalue weighted by molar-refractivity contribution is 5.80. The van der Waals surface area contributed by atoms with Gasteiger partial charge in [-0.25, -0.2) is 0 Å². The molecule has 11 nitrogen and oxygen atoms in total. The van der Waals surface area contributed by atoms with Crippen molar-refractivity contribution in [2.75, 3.05) is 13.2 Å². The zero-order chi connectivity index (χ0) is 63.1. The molecular weight excluding hydrogens is 1090 g/mol. The number of carbonyl (C=O) groups is 2. The molecule has 8 atom stereocenters. The van der Waals surface area contributed by atoms with Gasteiger partial charge in [0.05, 0.1) is 25.4 Å². The van der Waals surface area contributed by atoms with Crippen LogP contribution < -0.4 is 5.32 Å². The molecule has 87 heavy (non-hydrogen) atoms. The number of esters is 1. The van der Waals surface area contributed by atoms with E-state index >= 15 is 0 Å². The SMILES string of the molecule is CC/C=C\C/C=C\C/C=C\C/C=C\C/C=C\CCCCC(O)C(=O)NC(COC1OC(CO)C(O)C(O)C1OC(=O)CCCCCCCCCCCCCCCCCCCCCCCCCCCCC)C(O)/C=C/CCCCCCCCCCCCC. The number of ether oxygens (including phenoxy) is 3. The third kappa shape index (κ3) is 50.4. The largest absolute Gasteiger partial charge is 0.454 e. The molecule has 0 saturated carbocycles. The Morgan fingerprint density at radius 3 is 1.24 bits per heavy atom. The monoisotopic (exact) mass is 1220 g/mol. The fourth-order valence-electron chi connectivity index (χ4n) is 11.4. The minimum atomic E-state index is -1.62. The maximum Gasteiger partial charge on any atom is 0.306 e. The fourth-order valence-corrected chi connectivity index (χ4v) is 11.4. The van der Waals surface area contributed by atoms with Crippen LogP contribution in [-0.2, 0) is 23.8 Å². The first-order chi connectivity index (χ1) is 42.7. The van der Waals surface area contributed by atoms with Crippen molar-refractivity contribution in [1.29, 1.82) is 0 Å². The van der Waals surface area contributed by atoms with Crippen LogP contribution >= 0.6 is 0 Å². The van der Waals surface area contributed by atoms with Crippen molar-refractivity contribution in [3.63, 3.8) is 0 Å². The summed E-state index contributed by atoms with van der Waals surface area (Å²) >= 11 is 0. The predicted octanol–water partition coefficient (Wildman–Crippen LogP) is 19.1. The lowest BCUT2D eigenvalue weighted by Gasteiger charge is -2.41. The van der Waals surface area contributed by atoms with Gasteiger partial charge in [-0.05, 0) is 70.6 Å². The lowest BCUT2D eigenvalue weighted by molar-refractivity contribution is -0.305. The Bertz CT molecular complexity index is 1690. The Kier molecular flexibility index (Phi) is 59.7. The van der Waals surface area contributed by atoms with E-state index in [0.29, 0.717) is 12.8 Å². The summed E-state index contributed by atoms with van der Waals surface area (Å²) < 4.78 is 17.7. The van der Waals surface area contributed by atoms with Gasteiger partial charge in [-0.15, -0.1) is 0 Å². The van der Waals surface area contributed by atoms with Gasteiger partial charge in [0.25, 0.3) is 0 Å². The van der Waals surface area contributed by atoms with Crippen molar-refractivity contribution in [3.05, 3.63) is 72.9 Å². The molecule has 0 aliphatic carbocycles. The maximum atomic E-state index is 13.5. The molecule has 11 heteroatoms. The molecule has 0 aromatic heterocycles. The Morgan fingerprint density at radius 1 is 0.460 bits per heavy atom. The number of hydrogen-bond donors (Lipinski definition) is 6. The second-order valence-electron chi connectivity index (χ2n) is 25.3. The number of carbonyl (C=O) groups excluding carboxylic acids is 2. The van der Waals surface area contributed by atoms with Crippen LogP contribution in [-0.4, -0.2) is 99.6 Å². The molecule has 6 N–H and O–H groups in total. The number of allylic oxidation sites excluding steroid dienone is 11. The quantitative estimate of drug-likeness (QED) is 0.0195. The summed E-state index contributed by atoms with van der Waals surface area (Å²) in [4.78, 5) is 26.7. The average molecular weight is 1220 g/mol. The normalized spacial score (nSPS) is 18.6. The molecule has 1 amide bonds. The van der Waals surface area contributed by atoms with E-state index in [2.05, 4.69) is 86.8 Å². The van der Waals surface area contributed by atoms with Crippen molar-refractivity contribution in [3.8, 4) is 0 Å². The third-order valence-corrected chi connectivity index (χ3v) is 17.1. The van der Waals surface area contributed by atoms with Gasteiger partial charge in [0.1, 0.15) is 24.4 Å². The summed E-state index contributed by atoms with van der Waals surface area (Å²) in [6.45, 7) is 5.70. The van der Waals surface area contributed by atoms with Gasteiger partial charge in [0.15, 0.2) is 12.4 Å². The van der Waals surface area contributed by atoms with Crippen LogP contribution in [0.25, 0.3) is 0 Å². The van der Waals surface area contributed by atoms with Crippen LogP contribution in [0.3, 0.4) is 0 Å². The second-order valence-corrected chi connectivity index (χ2v) is 25.3. The van der Waals surface area contributed by atoms with Crippen LogP contribution in [0.1, 0.15) is 335 Å². The number of hydrogen-bond acceptors (Lipinski definition) is 10. The number of amides is 1. The summed E-state index contributed by atoms with van der Waals surface area (Å²) in [7, 11) is 0. The summed E-state index contributed by atoms with van der Waals surface area (Å²) in [5, 5.41) is 57.2. The minimum absolute atomic E-state index is 0.121. The molecule has 506 valence electrons. The van der Waals surface area contributed by atoms with Crippen molar-refractivity contribution in [2.24, 2.45) is 0 Å². The molecule has 1 aliphatic rings. The van der Waals surface area contributed by atoms with Crippen molar-refractivity contribution >= 4 is 11.9 Å². The van der Waals surface area contributed by atoms with E-state index in [4.69, 9.17) is 14.2 Å². The van der Waals surface area contributed by atoms with Crippen LogP contribution in [0.15, 0.2) is 72.9 Å². The van der Waals surface area contributed by atoms with Crippen LogP contribution in [0.4, 0.5) is 0 Å². The first kappa shape index (κ1) is 82.1. The standard InChI is InChI=1S/C76H137NO10/c1-4-7-10-13-16-19-22-25-27-29-31-32-33-34-35-36-37-38-39-41-43-46-49-52-55-58-61-64-71(81)87-74-73(83)72(82)70(65-78)86-76(74)85-66-67(68(79)62-59-56-53-50-47-44-24-21-18-15-12-9-6-3)77-75(84)69(80)63-60-57-54-51-48-45-42-40-30-28-26-23-20-17-14-11-8-5-2/h8,11,17,20,26,28,40,42,48,51,59,62,67-70,72-74,76,78-80,82-83H,4-7,9-10,12-16,18-19,21-25,27,29-39,41,43-47,49-50,52-58,60-61,63-66H2,1-3H3,(H,77,84)/b11-8-,20-17-,28-26-,42-40-,51-48-,62-59+. The highest BCUT2D eigenvalue weighted by atomic mass is 16.7. The van der Waals surface area contributed by atoms with Crippen LogP contribution in [0, 0.1) is 0 Å². The topological polar surface area (TPSA) is 175 Å². The Hall–Kier alpha value is -2.90. The number of aliphatic hydroxyl groups excluding tert-OH is 5. The van der Waals surface area contributed by atoms with E-state index in [-0.39, 0.29) is 19.4 Å². The Morgan fingerprint density at radius 2 is 0.828 bits per heavy atom. The lowest BCUT2D eigenvalue weighted by Crippen LogP contribution is -2.61. The van der Waals surface area contributed by atoms with E-state index in [1.807, 2.05) is 6.08 Å². The van der Waals surface area contributed by atoms with Gasteiger partial charge in [0, 0.05) is 6.42 Å². The Balaban J connectivity index is 2.56. The van der Waals surface area contributed by atoms with Gasteiger partial charge in [-0.2, -0.15) is 0 Å². The summed E-state index contributed by atoms with van der Waals surface area (Å²) in [5.41, 5.74) is 0. The lowest BCUT2D eigenvalue weighted by atomic mass is 9.99. The summed E-state index contributed by atoms with van der Waals surface area (Å²) in [6, 6.07) is -1.04. The van der Waals surface area contributed by atoms with E-state index in [1.165, 1.54) is 205 Å². The highest BCUT2D eigenvalue weighted by Crippen LogP contribution is 2.26. The summed E-state index contributed by atoms with van der Waals surface area (Å²) in [6.07, 6.45) is 72.4. The van der Waals surface area contributed by atoms with Gasteiger partial charge >= 0.3 is 5.97 Å².